The third-order valence-electron chi connectivity index (χ3n) is 4.39. The highest BCUT2D eigenvalue weighted by Crippen LogP contribution is 2.51. The zero-order valence-corrected chi connectivity index (χ0v) is 18.5. The van der Waals surface area contributed by atoms with E-state index in [9.17, 15) is 13.2 Å². The largest absolute Gasteiger partial charge is 0.421 e. The van der Waals surface area contributed by atoms with Crippen molar-refractivity contribution in [3.63, 3.8) is 0 Å². The van der Waals surface area contributed by atoms with Gasteiger partial charge in [-0.15, -0.1) is 8.42 Å². The second-order valence-electron chi connectivity index (χ2n) is 7.24. The van der Waals surface area contributed by atoms with Gasteiger partial charge in [0, 0.05) is 17.4 Å². The maximum absolute atomic E-state index is 13.0. The summed E-state index contributed by atoms with van der Waals surface area (Å²) in [4.78, 5) is 12.7. The van der Waals surface area contributed by atoms with E-state index in [1.54, 1.807) is 24.3 Å². The minimum absolute atomic E-state index is 0.0950. The summed E-state index contributed by atoms with van der Waals surface area (Å²) in [6.07, 6.45) is 3.74. The van der Waals surface area contributed by atoms with Gasteiger partial charge in [-0.25, -0.2) is 0 Å². The van der Waals surface area contributed by atoms with E-state index < -0.39 is 20.4 Å². The van der Waals surface area contributed by atoms with E-state index in [0.29, 0.717) is 11.5 Å². The second-order valence-corrected chi connectivity index (χ2v) is 12.4. The van der Waals surface area contributed by atoms with Gasteiger partial charge in [0.05, 0.1) is 5.75 Å². The summed E-state index contributed by atoms with van der Waals surface area (Å²) in [6, 6.07) is 6.80. The Bertz CT molecular complexity index is 656. The Hall–Kier alpha value is -0.850. The van der Waals surface area contributed by atoms with Crippen molar-refractivity contribution in [3.8, 4) is 0 Å². The molecule has 0 aliphatic carbocycles. The lowest BCUT2D eigenvalue weighted by Gasteiger charge is -2.34. The maximum atomic E-state index is 13.0. The summed E-state index contributed by atoms with van der Waals surface area (Å²) < 4.78 is 30.4. The van der Waals surface area contributed by atoms with E-state index >= 15 is 0 Å². The minimum atomic E-state index is -3.76. The van der Waals surface area contributed by atoms with Gasteiger partial charge in [0.25, 0.3) is 0 Å². The molecule has 0 saturated carbocycles. The van der Waals surface area contributed by atoms with Crippen molar-refractivity contribution in [1.82, 2.24) is 0 Å². The van der Waals surface area contributed by atoms with E-state index in [1.807, 2.05) is 20.8 Å². The first kappa shape index (κ1) is 23.2. The van der Waals surface area contributed by atoms with Crippen molar-refractivity contribution < 1.29 is 16.8 Å². The molecule has 1 rings (SSSR count). The lowest BCUT2D eigenvalue weighted by atomic mass is 10.1. The number of carbonyl (C=O) groups is 1. The zero-order chi connectivity index (χ0) is 19.8. The molecule has 0 unspecified atom stereocenters. The Labute approximate surface area is 161 Å². The van der Waals surface area contributed by atoms with Crippen LogP contribution < -0.4 is 0 Å². The number of hydrogen-bond acceptors (Lipinski definition) is 3. The molecule has 0 aromatic heterocycles. The molecule has 0 saturated heterocycles. The quantitative estimate of drug-likeness (QED) is 0.350. The number of carbonyl (C=O) groups excluding carboxylic acids is 1. The third-order valence-corrected chi connectivity index (χ3v) is 10.2. The summed E-state index contributed by atoms with van der Waals surface area (Å²) in [6.45, 7) is 9.85. The van der Waals surface area contributed by atoms with Crippen LogP contribution in [-0.2, 0) is 14.9 Å². The van der Waals surface area contributed by atoms with Crippen molar-refractivity contribution >= 4 is 26.2 Å². The Morgan fingerprint density at radius 2 is 1.50 bits per heavy atom. The van der Waals surface area contributed by atoms with Gasteiger partial charge in [-0.3, -0.25) is 8.42 Å². The van der Waals surface area contributed by atoms with Gasteiger partial charge in [0.15, 0.2) is 0 Å². The van der Waals surface area contributed by atoms with Crippen molar-refractivity contribution in [2.24, 2.45) is 5.92 Å². The molecule has 26 heavy (non-hydrogen) atoms. The van der Waals surface area contributed by atoms with Crippen LogP contribution in [0.2, 0.25) is 0 Å². The highest BCUT2D eigenvalue weighted by Gasteiger charge is 2.39. The van der Waals surface area contributed by atoms with Crippen LogP contribution >= 0.6 is 10.3 Å². The number of hydrogen-bond donors (Lipinski definition) is 0. The van der Waals surface area contributed by atoms with Crippen molar-refractivity contribution in [3.05, 3.63) is 29.8 Å². The second kappa shape index (κ2) is 10.5. The van der Waals surface area contributed by atoms with Gasteiger partial charge in [-0.05, 0) is 42.2 Å². The molecule has 0 heterocycles. The number of aryl methyl sites for hydroxylation is 1. The first-order valence-corrected chi connectivity index (χ1v) is 13.0. The molecule has 0 fully saturated rings. The van der Waals surface area contributed by atoms with E-state index in [1.165, 1.54) is 0 Å². The predicted octanol–water partition coefficient (Wildman–Crippen LogP) is 5.32. The molecule has 1 aromatic rings. The fourth-order valence-electron chi connectivity index (χ4n) is 2.57. The minimum Gasteiger partial charge on any atom is -0.298 e. The molecule has 0 bridgehead atoms. The van der Waals surface area contributed by atoms with Gasteiger partial charge in [-0.2, -0.15) is 0 Å². The molecular formula is C20H35O4S2+. The zero-order valence-electron chi connectivity index (χ0n) is 16.8. The number of rotatable bonds is 12. The van der Waals surface area contributed by atoms with Crippen molar-refractivity contribution in [1.29, 1.82) is 0 Å². The maximum Gasteiger partial charge on any atom is 0.421 e. The Morgan fingerprint density at radius 3 is 1.92 bits per heavy atom. The average molecular weight is 404 g/mol. The molecule has 1 aromatic carbocycles. The summed E-state index contributed by atoms with van der Waals surface area (Å²) in [5.74, 6) is 1.74. The topological polar surface area (TPSA) is 64.0 Å². The lowest BCUT2D eigenvalue weighted by Crippen LogP contribution is -2.29. The van der Waals surface area contributed by atoms with Gasteiger partial charge in [0.2, 0.25) is 0 Å². The van der Waals surface area contributed by atoms with Crippen LogP contribution in [0.5, 0.6) is 0 Å². The molecule has 1 N–H and O–H groups in total. The fraction of sp³-hybridized carbons (Fsp3) is 0.650. The highest BCUT2D eigenvalue weighted by atomic mass is 32.3. The van der Waals surface area contributed by atoms with E-state index in [0.717, 1.165) is 31.2 Å². The Kier molecular flexibility index (Phi) is 9.34. The third kappa shape index (κ3) is 7.05. The van der Waals surface area contributed by atoms with Crippen LogP contribution in [0, 0.1) is 12.8 Å². The van der Waals surface area contributed by atoms with E-state index in [2.05, 4.69) is 17.5 Å². The van der Waals surface area contributed by atoms with Gasteiger partial charge < -0.3 is 0 Å². The van der Waals surface area contributed by atoms with Gasteiger partial charge in [0.1, 0.15) is 10.7 Å². The number of ketones is 1. The van der Waals surface area contributed by atoms with Crippen LogP contribution in [0.25, 0.3) is 0 Å². The van der Waals surface area contributed by atoms with Gasteiger partial charge >= 0.3 is 10.1 Å². The Morgan fingerprint density at radius 1 is 1.00 bits per heavy atom. The smallest absolute Gasteiger partial charge is 0.298 e. The summed E-state index contributed by atoms with van der Waals surface area (Å²) >= 11 is 0. The van der Waals surface area contributed by atoms with E-state index in [4.69, 9.17) is 0 Å². The van der Waals surface area contributed by atoms with Crippen LogP contribution in [0.3, 0.4) is 0 Å². The molecule has 0 amide bonds. The number of unbranched alkanes of at least 4 members (excludes halogenated alkanes) is 2. The molecule has 0 aliphatic rings. The summed E-state index contributed by atoms with van der Waals surface area (Å²) in [7, 11) is -5.65. The molecule has 4 nitrogen and oxygen atoms in total. The Balaban J connectivity index is 3.21. The summed E-state index contributed by atoms with van der Waals surface area (Å²) in [5, 5.41) is 0. The fourth-order valence-corrected chi connectivity index (χ4v) is 8.87. The number of benzene rings is 1. The molecular weight excluding hydrogens is 368 g/mol. The summed E-state index contributed by atoms with van der Waals surface area (Å²) in [5.41, 5.74) is 1.01. The first-order valence-electron chi connectivity index (χ1n) is 9.51. The average Bonchev–Trinajstić information content (AvgIpc) is 2.58. The SMILES string of the molecule is CCCCS(CCCC)(CC(=O)C(C)C)[OH+]S(=O)(=O)c1ccc(C)cc1. The molecule has 6 heteroatoms. The molecule has 0 atom stereocenters. The van der Waals surface area contributed by atoms with Crippen LogP contribution in [0.4, 0.5) is 0 Å². The molecule has 0 spiro atoms. The van der Waals surface area contributed by atoms with Crippen LogP contribution in [-0.4, -0.2) is 35.1 Å². The first-order chi connectivity index (χ1) is 12.2. The van der Waals surface area contributed by atoms with Crippen LogP contribution in [0.15, 0.2) is 29.2 Å². The highest BCUT2D eigenvalue weighted by molar-refractivity contribution is 8.32. The normalized spacial score (nSPS) is 13.2. The number of Topliss-reactive ketones (excluding diaryl/α,β-unsaturated/α-hetero) is 1. The van der Waals surface area contributed by atoms with Crippen molar-refractivity contribution in [2.45, 2.75) is 65.2 Å². The van der Waals surface area contributed by atoms with E-state index in [-0.39, 0.29) is 22.3 Å². The van der Waals surface area contributed by atoms with Gasteiger partial charge in [-0.1, -0.05) is 58.2 Å². The standard InChI is InChI=1S/C20H34O4S2/c1-6-8-14-25(15-9-7-2,16-20(21)17(3)4)24-26(22,23)19-12-10-18(5)11-13-19/h10-13,17H,6-9,14-16H2,1-5H3/p+1. The molecule has 150 valence electrons. The predicted molar refractivity (Wildman–Crippen MR) is 113 cm³/mol. The molecule has 0 radical (unpaired) electrons. The monoisotopic (exact) mass is 403 g/mol. The van der Waals surface area contributed by atoms with Crippen LogP contribution in [0.1, 0.15) is 58.9 Å². The van der Waals surface area contributed by atoms with Crippen molar-refractivity contribution in [2.75, 3.05) is 17.3 Å². The lowest BCUT2D eigenvalue weighted by molar-refractivity contribution is -0.119. The molecule has 0 aliphatic heterocycles.